The van der Waals surface area contributed by atoms with Crippen LogP contribution in [-0.2, 0) is 16.0 Å². The predicted octanol–water partition coefficient (Wildman–Crippen LogP) is 4.81. The lowest BCUT2D eigenvalue weighted by atomic mass is 9.81. The Balaban J connectivity index is 1.54. The number of nitrogens with zero attached hydrogens (tertiary/aromatic N) is 4. The lowest BCUT2D eigenvalue weighted by Gasteiger charge is -2.33. The van der Waals surface area contributed by atoms with E-state index in [2.05, 4.69) is 20.9 Å². The highest BCUT2D eigenvalue weighted by atomic mass is 16.5. The molecule has 1 saturated carbocycles. The number of amides is 1. The van der Waals surface area contributed by atoms with Crippen molar-refractivity contribution in [3.8, 4) is 5.75 Å². The summed E-state index contributed by atoms with van der Waals surface area (Å²) in [4.78, 5) is 22.4. The fourth-order valence-electron chi connectivity index (χ4n) is 5.51. The van der Waals surface area contributed by atoms with Crippen molar-refractivity contribution < 1.29 is 24.5 Å². The molecule has 0 radical (unpaired) electrons. The van der Waals surface area contributed by atoms with Gasteiger partial charge in [0.15, 0.2) is 11.6 Å². The zero-order chi connectivity index (χ0) is 30.1. The van der Waals surface area contributed by atoms with Crippen LogP contribution in [0, 0.1) is 0 Å². The van der Waals surface area contributed by atoms with Gasteiger partial charge < -0.3 is 19.7 Å². The first-order valence-electron chi connectivity index (χ1n) is 14.5. The molecule has 3 aromatic rings. The molecule has 0 bridgehead atoms. The number of benzene rings is 3. The Morgan fingerprint density at radius 1 is 1.05 bits per heavy atom. The summed E-state index contributed by atoms with van der Waals surface area (Å²) < 4.78 is 12.2. The number of hydrazine groups is 1. The Morgan fingerprint density at radius 3 is 2.49 bits per heavy atom. The summed E-state index contributed by atoms with van der Waals surface area (Å²) in [5, 5.41) is 22.9. The third-order valence-electron chi connectivity index (χ3n) is 7.80. The predicted molar refractivity (Wildman–Crippen MR) is 162 cm³/mol. The molecule has 1 heterocycles. The second-order valence-corrected chi connectivity index (χ2v) is 10.8. The topological polar surface area (TPSA) is 161 Å². The maximum Gasteiger partial charge on any atom is 0.266 e. The molecule has 1 aliphatic carbocycles. The summed E-state index contributed by atoms with van der Waals surface area (Å²) in [5.74, 6) is 0.521. The van der Waals surface area contributed by atoms with Crippen molar-refractivity contribution in [3.63, 3.8) is 0 Å². The molecule has 0 aromatic heterocycles. The van der Waals surface area contributed by atoms with Gasteiger partial charge in [-0.25, -0.2) is 10.4 Å². The smallest absolute Gasteiger partial charge is 0.266 e. The molecule has 5 rings (SSSR count). The lowest BCUT2D eigenvalue weighted by Crippen LogP contribution is -2.56. The molecule has 0 spiro atoms. The fourth-order valence-corrected chi connectivity index (χ4v) is 5.51. The quantitative estimate of drug-likeness (QED) is 0.0785. The number of hydrogen-bond donors (Lipinski definition) is 4. The molecule has 0 saturated heterocycles. The maximum atomic E-state index is 14.4. The van der Waals surface area contributed by atoms with Crippen LogP contribution in [0.25, 0.3) is 10.4 Å². The van der Waals surface area contributed by atoms with Gasteiger partial charge in [-0.2, -0.15) is 0 Å². The standard InChI is InChI=1S/C32H36N6O5/c33-38-36-28-10-5-4-9-27(28)29-32(21-22-7-2-1-3-8-22,31(41)37-35-24-13-15-25(40)16-14-24)34-30(43-29)23-11-17-26(18-12-23)42-20-6-19-39/h1-5,7-12,17-18,24-25,29,35,39-40H,6,13-16,19-21H2,(H,37,41)/t24?,25?,29-,32-/m0/s1. The van der Waals surface area contributed by atoms with Gasteiger partial charge >= 0.3 is 0 Å². The van der Waals surface area contributed by atoms with E-state index in [0.29, 0.717) is 48.4 Å². The fraction of sp³-hybridized carbons (Fsp3) is 0.375. The van der Waals surface area contributed by atoms with Crippen LogP contribution in [0.2, 0.25) is 0 Å². The molecular formula is C32H36N6O5. The average Bonchev–Trinajstić information content (AvgIpc) is 3.42. The number of aliphatic hydroxyl groups is 2. The van der Waals surface area contributed by atoms with Crippen molar-refractivity contribution in [2.24, 2.45) is 10.1 Å². The molecular weight excluding hydrogens is 548 g/mol. The SMILES string of the molecule is [N-]=[N+]=Nc1ccccc1[C@@H]1OC(c2ccc(OCCCO)cc2)=N[C@]1(Cc1ccccc1)C(=O)NNC1CCC(O)CC1. The van der Waals surface area contributed by atoms with Crippen LogP contribution in [0.15, 0.2) is 89.0 Å². The van der Waals surface area contributed by atoms with E-state index in [4.69, 9.17) is 19.6 Å². The van der Waals surface area contributed by atoms with Gasteiger partial charge in [0.1, 0.15) is 5.75 Å². The summed E-state index contributed by atoms with van der Waals surface area (Å²) in [6, 6.07) is 23.9. The average molecular weight is 585 g/mol. The van der Waals surface area contributed by atoms with Gasteiger partial charge in [0, 0.05) is 47.2 Å². The zero-order valence-corrected chi connectivity index (χ0v) is 23.8. The minimum Gasteiger partial charge on any atom is -0.494 e. The summed E-state index contributed by atoms with van der Waals surface area (Å²) in [7, 11) is 0. The maximum absolute atomic E-state index is 14.4. The number of ether oxygens (including phenoxy) is 2. The molecule has 1 aliphatic heterocycles. The number of aliphatic hydroxyl groups excluding tert-OH is 2. The summed E-state index contributed by atoms with van der Waals surface area (Å²) >= 11 is 0. The van der Waals surface area contributed by atoms with Crippen molar-refractivity contribution in [2.45, 2.75) is 62.3 Å². The Bertz CT molecular complexity index is 1450. The molecule has 2 atom stereocenters. The number of nitrogens with one attached hydrogen (secondary N) is 2. The van der Waals surface area contributed by atoms with E-state index in [1.807, 2.05) is 48.5 Å². The molecule has 224 valence electrons. The van der Waals surface area contributed by atoms with Crippen LogP contribution < -0.4 is 15.6 Å². The number of aliphatic imine (C=N–C) groups is 1. The monoisotopic (exact) mass is 584 g/mol. The molecule has 11 nitrogen and oxygen atoms in total. The van der Waals surface area contributed by atoms with Crippen molar-refractivity contribution in [1.29, 1.82) is 0 Å². The summed E-state index contributed by atoms with van der Waals surface area (Å²) in [5.41, 5.74) is 16.4. The van der Waals surface area contributed by atoms with Gasteiger partial charge in [-0.1, -0.05) is 59.7 Å². The number of carbonyl (C=O) groups excluding carboxylic acids is 1. The summed E-state index contributed by atoms with van der Waals surface area (Å²) in [6.45, 7) is 0.434. The first-order valence-corrected chi connectivity index (χ1v) is 14.5. The van der Waals surface area contributed by atoms with Crippen molar-refractivity contribution in [3.05, 3.63) is 106 Å². The van der Waals surface area contributed by atoms with E-state index in [1.165, 1.54) is 0 Å². The van der Waals surface area contributed by atoms with E-state index >= 15 is 0 Å². The highest BCUT2D eigenvalue weighted by molar-refractivity contribution is 6.01. The van der Waals surface area contributed by atoms with Crippen LogP contribution in [0.1, 0.15) is 54.9 Å². The lowest BCUT2D eigenvalue weighted by molar-refractivity contribution is -0.130. The minimum absolute atomic E-state index is 0.0131. The highest BCUT2D eigenvalue weighted by Gasteiger charge is 2.54. The number of azide groups is 1. The van der Waals surface area contributed by atoms with Crippen molar-refractivity contribution in [2.75, 3.05) is 13.2 Å². The van der Waals surface area contributed by atoms with Crippen LogP contribution in [0.4, 0.5) is 5.69 Å². The van der Waals surface area contributed by atoms with Crippen LogP contribution >= 0.6 is 0 Å². The number of hydrogen-bond acceptors (Lipinski definition) is 8. The molecule has 2 aliphatic rings. The Morgan fingerprint density at radius 2 is 1.77 bits per heavy atom. The van der Waals surface area contributed by atoms with Crippen LogP contribution in [-0.4, -0.2) is 52.9 Å². The van der Waals surface area contributed by atoms with Gasteiger partial charge in [-0.3, -0.25) is 10.2 Å². The van der Waals surface area contributed by atoms with Crippen molar-refractivity contribution >= 4 is 17.5 Å². The number of carbonyl (C=O) groups is 1. The molecule has 1 amide bonds. The molecule has 43 heavy (non-hydrogen) atoms. The highest BCUT2D eigenvalue weighted by Crippen LogP contribution is 2.45. The Hall–Kier alpha value is -4.41. The molecule has 0 unspecified atom stereocenters. The first kappa shape index (κ1) is 30.1. The van der Waals surface area contributed by atoms with Gasteiger partial charge in [-0.05, 0) is 61.0 Å². The van der Waals surface area contributed by atoms with Gasteiger partial charge in [0.25, 0.3) is 5.91 Å². The van der Waals surface area contributed by atoms with E-state index < -0.39 is 11.6 Å². The van der Waals surface area contributed by atoms with Crippen LogP contribution in [0.5, 0.6) is 5.75 Å². The van der Waals surface area contributed by atoms with E-state index in [1.54, 1.807) is 30.3 Å². The molecule has 4 N–H and O–H groups in total. The first-order chi connectivity index (χ1) is 21.0. The third-order valence-corrected chi connectivity index (χ3v) is 7.80. The molecule has 11 heteroatoms. The van der Waals surface area contributed by atoms with Gasteiger partial charge in [-0.15, -0.1) is 0 Å². The largest absolute Gasteiger partial charge is 0.494 e. The Labute approximate surface area is 250 Å². The van der Waals surface area contributed by atoms with E-state index in [0.717, 1.165) is 18.4 Å². The second-order valence-electron chi connectivity index (χ2n) is 10.8. The minimum atomic E-state index is -1.46. The number of rotatable bonds is 12. The zero-order valence-electron chi connectivity index (χ0n) is 23.8. The van der Waals surface area contributed by atoms with Crippen LogP contribution in [0.3, 0.4) is 0 Å². The second kappa shape index (κ2) is 14.2. The Kier molecular flexibility index (Phi) is 9.91. The normalized spacial score (nSPS) is 23.0. The van der Waals surface area contributed by atoms with Gasteiger partial charge in [0.05, 0.1) is 12.7 Å². The van der Waals surface area contributed by atoms with E-state index in [-0.39, 0.29) is 37.0 Å². The van der Waals surface area contributed by atoms with E-state index in [9.17, 15) is 15.4 Å². The molecule has 1 fully saturated rings. The third kappa shape index (κ3) is 7.15. The summed E-state index contributed by atoms with van der Waals surface area (Å²) in [6.07, 6.45) is 2.29. The molecule has 3 aromatic carbocycles. The van der Waals surface area contributed by atoms with Gasteiger partial charge in [0.2, 0.25) is 5.90 Å². The van der Waals surface area contributed by atoms with Crippen molar-refractivity contribution in [1.82, 2.24) is 10.9 Å².